The molecule has 4 aromatic rings. The van der Waals surface area contributed by atoms with E-state index in [4.69, 9.17) is 22.1 Å². The number of nitrogens with two attached hydrogens (primary N) is 1. The second kappa shape index (κ2) is 14.1. The van der Waals surface area contributed by atoms with Crippen LogP contribution in [0.1, 0.15) is 45.0 Å². The molecule has 1 fully saturated rings. The molecule has 248 valence electrons. The first-order valence-corrected chi connectivity index (χ1v) is 18.8. The SMILES string of the molecule is C[Si](C)(C)CCOCN(C(=O)c1nc(-c2c(C(F)F)ccc(Cl)c2F)cnc1C(N)=O)c1cnn(Cc2cnc(N3CCC3)nc2)c1. The van der Waals surface area contributed by atoms with Gasteiger partial charge in [-0.05, 0) is 18.5 Å². The number of primary amides is 1. The largest absolute Gasteiger partial charge is 0.364 e. The second-order valence-electron chi connectivity index (χ2n) is 12.2. The van der Waals surface area contributed by atoms with Crippen LogP contribution in [0.3, 0.4) is 0 Å². The number of rotatable bonds is 13. The van der Waals surface area contributed by atoms with Crippen molar-refractivity contribution >= 4 is 43.1 Å². The van der Waals surface area contributed by atoms with Crippen molar-refractivity contribution in [1.82, 2.24) is 29.7 Å². The predicted octanol–water partition coefficient (Wildman–Crippen LogP) is 5.18. The molecule has 0 unspecified atom stereocenters. The fourth-order valence-corrected chi connectivity index (χ4v) is 5.55. The van der Waals surface area contributed by atoms with Crippen LogP contribution >= 0.6 is 11.6 Å². The Balaban J connectivity index is 1.49. The Morgan fingerprint density at radius 1 is 1.09 bits per heavy atom. The summed E-state index contributed by atoms with van der Waals surface area (Å²) < 4.78 is 50.4. The van der Waals surface area contributed by atoms with Gasteiger partial charge in [0.15, 0.2) is 17.2 Å². The van der Waals surface area contributed by atoms with Crippen LogP contribution in [-0.4, -0.2) is 76.0 Å². The van der Waals surface area contributed by atoms with E-state index in [0.29, 0.717) is 12.6 Å². The highest BCUT2D eigenvalue weighted by Gasteiger charge is 2.30. The Morgan fingerprint density at radius 3 is 2.43 bits per heavy atom. The molecule has 4 heterocycles. The zero-order valence-electron chi connectivity index (χ0n) is 26.0. The van der Waals surface area contributed by atoms with Crippen molar-refractivity contribution in [2.24, 2.45) is 5.73 Å². The summed E-state index contributed by atoms with van der Waals surface area (Å²) in [5, 5.41) is 3.93. The van der Waals surface area contributed by atoms with E-state index in [9.17, 15) is 18.4 Å². The molecule has 0 atom stereocenters. The molecule has 3 aromatic heterocycles. The molecule has 1 aliphatic rings. The van der Waals surface area contributed by atoms with E-state index in [-0.39, 0.29) is 19.0 Å². The normalized spacial score (nSPS) is 13.1. The van der Waals surface area contributed by atoms with Gasteiger partial charge in [0.25, 0.3) is 18.2 Å². The highest BCUT2D eigenvalue weighted by Crippen LogP contribution is 2.36. The fourth-order valence-electron chi connectivity index (χ4n) is 4.63. The highest BCUT2D eigenvalue weighted by atomic mass is 35.5. The topological polar surface area (TPSA) is 145 Å². The maximum absolute atomic E-state index is 15.1. The van der Waals surface area contributed by atoms with Crippen molar-refractivity contribution in [3.63, 3.8) is 0 Å². The number of benzene rings is 1. The lowest BCUT2D eigenvalue weighted by Crippen LogP contribution is -2.38. The summed E-state index contributed by atoms with van der Waals surface area (Å²) >= 11 is 5.90. The van der Waals surface area contributed by atoms with E-state index in [0.717, 1.165) is 49.4 Å². The summed E-state index contributed by atoms with van der Waals surface area (Å²) in [7, 11) is -1.49. The molecule has 0 spiro atoms. The quantitative estimate of drug-likeness (QED) is 0.114. The number of anilines is 2. The number of carbonyl (C=O) groups excluding carboxylic acids is 2. The third-order valence-corrected chi connectivity index (χ3v) is 9.39. The minimum atomic E-state index is -3.10. The van der Waals surface area contributed by atoms with E-state index >= 15 is 4.39 Å². The van der Waals surface area contributed by atoms with Gasteiger partial charge in [-0.3, -0.25) is 19.2 Å². The standard InChI is InChI=1S/C30H33ClF3N9O3Si/c1-47(2,3)10-9-46-17-43(19-13-39-42(16-19)15-18-11-37-30(38-12-18)41-7-4-8-41)29(45)26-25(28(35)44)36-14-22(40-26)23-20(27(33)34)5-6-21(31)24(23)32/h5-6,11-14,16,27H,4,7-10,15,17H2,1-3H3,(H2,35,44). The molecule has 17 heteroatoms. The molecule has 1 saturated heterocycles. The first-order chi connectivity index (χ1) is 22.3. The number of alkyl halides is 2. The molecule has 47 heavy (non-hydrogen) atoms. The maximum Gasteiger partial charge on any atom is 0.281 e. The number of amides is 2. The van der Waals surface area contributed by atoms with Gasteiger partial charge in [-0.2, -0.15) is 5.10 Å². The van der Waals surface area contributed by atoms with Gasteiger partial charge >= 0.3 is 0 Å². The van der Waals surface area contributed by atoms with Gasteiger partial charge in [0.05, 0.1) is 35.3 Å². The Hall–Kier alpha value is -4.41. The Bertz CT molecular complexity index is 1770. The van der Waals surface area contributed by atoms with E-state index < -0.39 is 65.4 Å². The third kappa shape index (κ3) is 7.94. The molecule has 12 nitrogen and oxygen atoms in total. The first-order valence-electron chi connectivity index (χ1n) is 14.7. The monoisotopic (exact) mass is 687 g/mol. The lowest BCUT2D eigenvalue weighted by atomic mass is 10.0. The zero-order valence-corrected chi connectivity index (χ0v) is 27.7. The van der Waals surface area contributed by atoms with Crippen molar-refractivity contribution in [1.29, 1.82) is 0 Å². The molecule has 2 amide bonds. The highest BCUT2D eigenvalue weighted by molar-refractivity contribution is 6.76. The summed E-state index contributed by atoms with van der Waals surface area (Å²) in [5.74, 6) is -2.53. The van der Waals surface area contributed by atoms with Crippen LogP contribution in [0.25, 0.3) is 11.3 Å². The third-order valence-electron chi connectivity index (χ3n) is 7.40. The van der Waals surface area contributed by atoms with Crippen LogP contribution in [0.4, 0.5) is 24.8 Å². The van der Waals surface area contributed by atoms with Crippen molar-refractivity contribution in [2.45, 2.75) is 45.1 Å². The average molecular weight is 688 g/mol. The Labute approximate surface area is 274 Å². The first kappa shape index (κ1) is 33.9. The lowest BCUT2D eigenvalue weighted by Gasteiger charge is -2.30. The molecular formula is C30H33ClF3N9O3Si. The number of halogens is 4. The fraction of sp³-hybridized carbons (Fsp3) is 0.367. The molecule has 0 aliphatic carbocycles. The van der Waals surface area contributed by atoms with Crippen LogP contribution in [0, 0.1) is 5.82 Å². The van der Waals surface area contributed by atoms with Gasteiger partial charge in [-0.25, -0.2) is 33.1 Å². The zero-order chi connectivity index (χ0) is 33.9. The number of hydrogen-bond acceptors (Lipinski definition) is 9. The van der Waals surface area contributed by atoms with Crippen LogP contribution in [-0.2, 0) is 11.3 Å². The minimum absolute atomic E-state index is 0.269. The minimum Gasteiger partial charge on any atom is -0.364 e. The summed E-state index contributed by atoms with van der Waals surface area (Å²) in [5.41, 5.74) is 3.61. The summed E-state index contributed by atoms with van der Waals surface area (Å²) in [4.78, 5) is 46.6. The van der Waals surface area contributed by atoms with Gasteiger partial charge in [0, 0.05) is 63.1 Å². The van der Waals surface area contributed by atoms with Gasteiger partial charge < -0.3 is 15.4 Å². The average Bonchev–Trinajstić information content (AvgIpc) is 3.45. The Morgan fingerprint density at radius 2 is 1.81 bits per heavy atom. The molecule has 0 radical (unpaired) electrons. The number of ether oxygens (including phenoxy) is 1. The van der Waals surface area contributed by atoms with Crippen molar-refractivity contribution in [2.75, 3.05) is 36.2 Å². The summed E-state index contributed by atoms with van der Waals surface area (Å²) in [6.45, 7) is 8.69. The van der Waals surface area contributed by atoms with E-state index in [2.05, 4.69) is 49.6 Å². The molecule has 0 saturated carbocycles. The van der Waals surface area contributed by atoms with Crippen LogP contribution in [0.5, 0.6) is 0 Å². The molecule has 1 aromatic carbocycles. The number of nitrogens with zero attached hydrogens (tertiary/aromatic N) is 8. The van der Waals surface area contributed by atoms with Gasteiger partial charge in [-0.15, -0.1) is 0 Å². The van der Waals surface area contributed by atoms with Crippen molar-refractivity contribution in [3.8, 4) is 11.3 Å². The second-order valence-corrected chi connectivity index (χ2v) is 18.2. The van der Waals surface area contributed by atoms with E-state index in [1.54, 1.807) is 23.3 Å². The van der Waals surface area contributed by atoms with E-state index in [1.165, 1.54) is 11.1 Å². The molecule has 5 rings (SSSR count). The van der Waals surface area contributed by atoms with Gasteiger partial charge in [0.1, 0.15) is 6.73 Å². The van der Waals surface area contributed by atoms with Crippen LogP contribution in [0.2, 0.25) is 30.7 Å². The Kier molecular flexibility index (Phi) is 10.2. The van der Waals surface area contributed by atoms with Gasteiger partial charge in [-0.1, -0.05) is 37.3 Å². The summed E-state index contributed by atoms with van der Waals surface area (Å²) in [6.07, 6.45) is 5.29. The number of carbonyl (C=O) groups is 2. The molecule has 1 aliphatic heterocycles. The van der Waals surface area contributed by atoms with Crippen molar-refractivity contribution < 1.29 is 27.5 Å². The lowest BCUT2D eigenvalue weighted by molar-refractivity contribution is 0.0884. The number of hydrogen-bond donors (Lipinski definition) is 1. The maximum atomic E-state index is 15.1. The van der Waals surface area contributed by atoms with Gasteiger partial charge in [0.2, 0.25) is 5.95 Å². The molecule has 0 bridgehead atoms. The van der Waals surface area contributed by atoms with E-state index in [1.807, 2.05) is 0 Å². The summed E-state index contributed by atoms with van der Waals surface area (Å²) in [6, 6.07) is 2.74. The molecular weight excluding hydrogens is 655 g/mol. The molecule has 2 N–H and O–H groups in total. The van der Waals surface area contributed by atoms with Crippen LogP contribution < -0.4 is 15.5 Å². The number of aromatic nitrogens is 6. The van der Waals surface area contributed by atoms with Crippen molar-refractivity contribution in [3.05, 3.63) is 76.5 Å². The predicted molar refractivity (Wildman–Crippen MR) is 172 cm³/mol. The smallest absolute Gasteiger partial charge is 0.281 e. The van der Waals surface area contributed by atoms with Crippen LogP contribution in [0.15, 0.2) is 43.1 Å².